The van der Waals surface area contributed by atoms with Crippen molar-refractivity contribution >= 4 is 66.8 Å². The summed E-state index contributed by atoms with van der Waals surface area (Å²) in [5, 5.41) is 7.27. The lowest BCUT2D eigenvalue weighted by molar-refractivity contribution is -0.136. The Morgan fingerprint density at radius 3 is 1.81 bits per heavy atom. The monoisotopic (exact) mass is 833 g/mol. The van der Waals surface area contributed by atoms with Crippen LogP contribution in [0.25, 0.3) is 41.2 Å². The molecule has 0 aliphatic carbocycles. The molecule has 15 nitrogen and oxygen atoms in total. The van der Waals surface area contributed by atoms with E-state index in [1.54, 1.807) is 48.0 Å². The molecule has 4 aromatic heterocycles. The second-order valence-electron chi connectivity index (χ2n) is 15.4. The first-order valence-corrected chi connectivity index (χ1v) is 21.2. The number of aromatic amines is 2. The van der Waals surface area contributed by atoms with Crippen LogP contribution in [0.15, 0.2) is 30.6 Å². The standard InChI is InChI=1S/C41H51N7O8S2/c1-20(2)31(45-40(51)55-7)38(49)47-13-9-11-27(47)25-15-22(18-42-25)29-16-23-33(53-5)36-24(34(54-6)35(23)57-29)17-30(58-36)26-19-43-37(44-26)28-12-10-14-48(28)39(50)32(21(3)4)46-41(52)56-8/h15-21,27-28,31-32,42H,9-14H2,1-8H3,(H,43,44)(H,45,51)(H,46,52)/t27-,28-,31-,32-/m0/s1. The Hall–Kier alpha value is -5.29. The van der Waals surface area contributed by atoms with E-state index in [2.05, 4.69) is 38.8 Å². The van der Waals surface area contributed by atoms with Crippen molar-refractivity contribution in [1.29, 1.82) is 0 Å². The van der Waals surface area contributed by atoms with Crippen LogP contribution in [-0.4, -0.2) is 102 Å². The van der Waals surface area contributed by atoms with Crippen molar-refractivity contribution in [2.75, 3.05) is 41.5 Å². The van der Waals surface area contributed by atoms with E-state index in [1.807, 2.05) is 38.8 Å². The lowest BCUT2D eigenvalue weighted by atomic mass is 10.0. The van der Waals surface area contributed by atoms with E-state index in [1.165, 1.54) is 14.2 Å². The molecular formula is C41H51N7O8S2. The zero-order chi connectivity index (χ0) is 41.4. The number of carbonyl (C=O) groups is 4. The summed E-state index contributed by atoms with van der Waals surface area (Å²) in [6.07, 6.45) is 5.75. The molecule has 2 saturated heterocycles. The van der Waals surface area contributed by atoms with Crippen LogP contribution in [0.1, 0.15) is 77.0 Å². The third-order valence-corrected chi connectivity index (χ3v) is 13.5. The lowest BCUT2D eigenvalue weighted by Crippen LogP contribution is -2.51. The minimum absolute atomic E-state index is 0.111. The van der Waals surface area contributed by atoms with E-state index < -0.39 is 24.3 Å². The van der Waals surface area contributed by atoms with Crippen molar-refractivity contribution < 1.29 is 38.1 Å². The maximum absolute atomic E-state index is 13.7. The van der Waals surface area contributed by atoms with Crippen molar-refractivity contribution in [3.63, 3.8) is 0 Å². The zero-order valence-corrected chi connectivity index (χ0v) is 35.7. The second-order valence-corrected chi connectivity index (χ2v) is 17.5. The summed E-state index contributed by atoms with van der Waals surface area (Å²) in [7, 11) is 5.93. The first-order valence-electron chi connectivity index (χ1n) is 19.5. The van der Waals surface area contributed by atoms with Gasteiger partial charge in [-0.05, 0) is 55.7 Å². The number of hydrogen-bond acceptors (Lipinski definition) is 11. The van der Waals surface area contributed by atoms with Crippen LogP contribution >= 0.6 is 22.7 Å². The molecule has 1 aromatic carbocycles. The van der Waals surface area contributed by atoms with Gasteiger partial charge < -0.3 is 49.3 Å². The Morgan fingerprint density at radius 1 is 0.759 bits per heavy atom. The van der Waals surface area contributed by atoms with Crippen molar-refractivity contribution in [3.05, 3.63) is 42.1 Å². The summed E-state index contributed by atoms with van der Waals surface area (Å²) in [4.78, 5) is 68.8. The number of amides is 4. The number of likely N-dealkylation sites (tertiary alicyclic amines) is 2. The molecule has 0 spiro atoms. The number of thiophene rings is 2. The van der Waals surface area contributed by atoms with E-state index in [9.17, 15) is 19.2 Å². The number of H-pyrrole nitrogens is 2. The van der Waals surface area contributed by atoms with Gasteiger partial charge in [-0.15, -0.1) is 22.7 Å². The molecule has 4 N–H and O–H groups in total. The highest BCUT2D eigenvalue weighted by Gasteiger charge is 2.39. The normalized spacial score (nSPS) is 18.0. The van der Waals surface area contributed by atoms with Gasteiger partial charge in [0.25, 0.3) is 0 Å². The van der Waals surface area contributed by atoms with E-state index in [0.29, 0.717) is 18.9 Å². The number of aromatic nitrogens is 3. The van der Waals surface area contributed by atoms with Crippen molar-refractivity contribution in [3.8, 4) is 32.5 Å². The minimum Gasteiger partial charge on any atom is -0.495 e. The minimum atomic E-state index is -0.715. The molecule has 0 unspecified atom stereocenters. The fourth-order valence-electron chi connectivity index (χ4n) is 8.18. The second kappa shape index (κ2) is 16.9. The van der Waals surface area contributed by atoms with Gasteiger partial charge in [0.1, 0.15) is 29.4 Å². The fraction of sp³-hybridized carbons (Fsp3) is 0.488. The van der Waals surface area contributed by atoms with Gasteiger partial charge in [-0.1, -0.05) is 27.7 Å². The molecule has 2 aliphatic rings. The molecule has 17 heteroatoms. The van der Waals surface area contributed by atoms with Crippen LogP contribution in [0, 0.1) is 11.8 Å². The molecule has 0 bridgehead atoms. The number of imidazole rings is 1. The highest BCUT2D eigenvalue weighted by atomic mass is 32.1. The van der Waals surface area contributed by atoms with Crippen molar-refractivity contribution in [1.82, 2.24) is 35.4 Å². The third-order valence-electron chi connectivity index (χ3n) is 11.2. The summed E-state index contributed by atoms with van der Waals surface area (Å²) in [5.41, 5.74) is 2.74. The number of rotatable bonds is 12. The Morgan fingerprint density at radius 2 is 1.28 bits per heavy atom. The Kier molecular flexibility index (Phi) is 11.9. The third kappa shape index (κ3) is 7.56. The summed E-state index contributed by atoms with van der Waals surface area (Å²) in [5.74, 6) is 1.66. The number of hydrogen-bond donors (Lipinski definition) is 4. The quantitative estimate of drug-likeness (QED) is 0.0985. The fourth-order valence-corrected chi connectivity index (χ4v) is 10.5. The molecule has 7 rings (SSSR count). The van der Waals surface area contributed by atoms with Gasteiger partial charge in [0.05, 0.1) is 66.7 Å². The molecule has 0 saturated carbocycles. The van der Waals surface area contributed by atoms with Gasteiger partial charge in [-0.3, -0.25) is 9.59 Å². The van der Waals surface area contributed by atoms with Crippen LogP contribution < -0.4 is 20.1 Å². The maximum atomic E-state index is 13.7. The van der Waals surface area contributed by atoms with Gasteiger partial charge in [0.2, 0.25) is 11.8 Å². The number of ether oxygens (including phenoxy) is 4. The summed E-state index contributed by atoms with van der Waals surface area (Å²) < 4.78 is 23.7. The van der Waals surface area contributed by atoms with Crippen LogP contribution in [0.4, 0.5) is 9.59 Å². The van der Waals surface area contributed by atoms with Crippen LogP contribution in [0.2, 0.25) is 0 Å². The number of nitrogens with one attached hydrogen (secondary N) is 4. The number of nitrogens with zero attached hydrogens (tertiary/aromatic N) is 3. The Labute approximate surface area is 344 Å². The van der Waals surface area contributed by atoms with Gasteiger partial charge in [-0.2, -0.15) is 0 Å². The predicted octanol–water partition coefficient (Wildman–Crippen LogP) is 7.61. The van der Waals surface area contributed by atoms with E-state index in [4.69, 9.17) is 23.9 Å². The number of benzene rings is 1. The smallest absolute Gasteiger partial charge is 0.407 e. The molecule has 310 valence electrons. The first kappa shape index (κ1) is 40.9. The van der Waals surface area contributed by atoms with Gasteiger partial charge >= 0.3 is 12.2 Å². The number of fused-ring (bicyclic) bond motifs is 2. The molecule has 2 aliphatic heterocycles. The highest BCUT2D eigenvalue weighted by Crippen LogP contribution is 2.52. The largest absolute Gasteiger partial charge is 0.495 e. The number of alkyl carbamates (subject to hydrolysis) is 2. The molecule has 58 heavy (non-hydrogen) atoms. The summed E-state index contributed by atoms with van der Waals surface area (Å²) >= 11 is 3.19. The molecule has 5 aromatic rings. The molecule has 6 heterocycles. The topological polar surface area (TPSA) is 180 Å². The van der Waals surface area contributed by atoms with Crippen LogP contribution in [0.3, 0.4) is 0 Å². The molecule has 4 amide bonds. The Bertz CT molecular complexity index is 2110. The summed E-state index contributed by atoms with van der Waals surface area (Å²) in [6, 6.07) is 4.51. The first-order chi connectivity index (χ1) is 27.9. The van der Waals surface area contributed by atoms with Crippen molar-refractivity contribution in [2.24, 2.45) is 11.8 Å². The van der Waals surface area contributed by atoms with Gasteiger partial charge in [0.15, 0.2) is 0 Å². The molecule has 4 atom stereocenters. The van der Waals surface area contributed by atoms with E-state index in [-0.39, 0.29) is 35.7 Å². The lowest BCUT2D eigenvalue weighted by Gasteiger charge is -2.30. The van der Waals surface area contributed by atoms with E-state index >= 15 is 0 Å². The number of carbonyl (C=O) groups excluding carboxylic acids is 4. The van der Waals surface area contributed by atoms with E-state index in [0.717, 1.165) is 84.1 Å². The molecule has 0 radical (unpaired) electrons. The van der Waals surface area contributed by atoms with Crippen LogP contribution in [0.5, 0.6) is 11.5 Å². The van der Waals surface area contributed by atoms with Crippen molar-refractivity contribution in [2.45, 2.75) is 77.5 Å². The summed E-state index contributed by atoms with van der Waals surface area (Å²) in [6.45, 7) is 8.78. The molecular weight excluding hydrogens is 783 g/mol. The predicted molar refractivity (Wildman–Crippen MR) is 223 cm³/mol. The molecule has 2 fully saturated rings. The highest BCUT2D eigenvalue weighted by molar-refractivity contribution is 7.24. The SMILES string of the molecule is COC(=O)N[C@H](C(=O)N1CCC[C@H]1c1cc(-c2cc3c(OC)c4sc(-c5cnc([C@@H]6CCCN6C(=O)[C@@H](NC(=O)OC)C(C)C)[nH]5)cc4c(OC)c3s2)c[nH]1)C(C)C. The average molecular weight is 834 g/mol. The van der Waals surface area contributed by atoms with Crippen LogP contribution in [-0.2, 0) is 19.1 Å². The average Bonchev–Trinajstić information content (AvgIpc) is 4.05. The maximum Gasteiger partial charge on any atom is 0.407 e. The number of methoxy groups -OCH3 is 4. The Balaban J connectivity index is 1.16. The van der Waals surface area contributed by atoms with Gasteiger partial charge in [0, 0.05) is 46.2 Å². The van der Waals surface area contributed by atoms with Gasteiger partial charge in [-0.25, -0.2) is 14.6 Å². The zero-order valence-electron chi connectivity index (χ0n) is 34.0.